The van der Waals surface area contributed by atoms with E-state index in [2.05, 4.69) is 96.0 Å². The highest BCUT2D eigenvalue weighted by molar-refractivity contribution is 6.06. The van der Waals surface area contributed by atoms with E-state index in [4.69, 9.17) is 19.4 Å². The lowest BCUT2D eigenvalue weighted by molar-refractivity contribution is 0.669. The maximum absolute atomic E-state index is 6.26. The van der Waals surface area contributed by atoms with Gasteiger partial charge in [0, 0.05) is 45.4 Å². The van der Waals surface area contributed by atoms with Gasteiger partial charge in [-0.25, -0.2) is 15.0 Å². The Labute approximate surface area is 270 Å². The lowest BCUT2D eigenvalue weighted by Gasteiger charge is -2.12. The smallest absolute Gasteiger partial charge is 0.164 e. The Morgan fingerprint density at radius 3 is 1.83 bits per heavy atom. The molecule has 0 radical (unpaired) electrons. The topological polar surface area (TPSA) is 64.7 Å². The van der Waals surface area contributed by atoms with Crippen molar-refractivity contribution in [3.63, 3.8) is 0 Å². The minimum absolute atomic E-state index is 0.596. The number of para-hydroxylation sites is 1. The number of nitrogens with zero attached hydrogens (tertiary/aromatic N) is 4. The van der Waals surface area contributed by atoms with Gasteiger partial charge in [-0.15, -0.1) is 0 Å². The lowest BCUT2D eigenvalue weighted by Crippen LogP contribution is -2.00. The van der Waals surface area contributed by atoms with Gasteiger partial charge in [-0.2, -0.15) is 0 Å². The van der Waals surface area contributed by atoms with Gasteiger partial charge in [0.1, 0.15) is 11.2 Å². The average Bonchev–Trinajstić information content (AvgIpc) is 3.53. The first-order valence-corrected chi connectivity index (χ1v) is 15.5. The van der Waals surface area contributed by atoms with E-state index in [1.165, 1.54) is 5.39 Å². The summed E-state index contributed by atoms with van der Waals surface area (Å²) < 4.78 is 6.26. The fourth-order valence-electron chi connectivity index (χ4n) is 6.21. The Kier molecular flexibility index (Phi) is 6.39. The molecule has 9 rings (SSSR count). The van der Waals surface area contributed by atoms with E-state index in [-0.39, 0.29) is 0 Å². The van der Waals surface area contributed by atoms with Gasteiger partial charge in [0.15, 0.2) is 17.5 Å². The minimum atomic E-state index is 0.596. The fourth-order valence-corrected chi connectivity index (χ4v) is 6.21. The number of fused-ring (bicyclic) bond motifs is 4. The fraction of sp³-hybridized carbons (Fsp3) is 0. The van der Waals surface area contributed by atoms with Crippen molar-refractivity contribution >= 4 is 32.7 Å². The number of furan rings is 1. The average molecular weight is 603 g/mol. The Hall–Kier alpha value is -6.46. The predicted molar refractivity (Wildman–Crippen MR) is 190 cm³/mol. The molecule has 0 aliphatic carbocycles. The first-order valence-electron chi connectivity index (χ1n) is 15.5. The van der Waals surface area contributed by atoms with Crippen molar-refractivity contribution in [2.75, 3.05) is 0 Å². The molecule has 220 valence electrons. The molecular weight excluding hydrogens is 576 g/mol. The number of rotatable bonds is 5. The SMILES string of the molecule is c1ccc(-c2nc(-c3cc(-c4cccnc4)cc(-c4ccc5c(c4)oc4ccccc45)c3)nc(-c3ccc4ccccc4c3)n2)cc1. The molecule has 0 saturated carbocycles. The van der Waals surface area contributed by atoms with Gasteiger partial charge in [0.05, 0.1) is 0 Å². The van der Waals surface area contributed by atoms with Crippen LogP contribution in [0, 0.1) is 0 Å². The van der Waals surface area contributed by atoms with E-state index in [0.29, 0.717) is 17.5 Å². The number of hydrogen-bond acceptors (Lipinski definition) is 5. The van der Waals surface area contributed by atoms with Gasteiger partial charge >= 0.3 is 0 Å². The quantitative estimate of drug-likeness (QED) is 0.196. The van der Waals surface area contributed by atoms with E-state index in [0.717, 1.165) is 66.3 Å². The van der Waals surface area contributed by atoms with E-state index >= 15 is 0 Å². The third kappa shape index (κ3) is 5.00. The molecule has 3 aromatic heterocycles. The molecule has 0 amide bonds. The summed E-state index contributed by atoms with van der Waals surface area (Å²) in [6.07, 6.45) is 3.67. The van der Waals surface area contributed by atoms with E-state index in [9.17, 15) is 0 Å². The van der Waals surface area contributed by atoms with Gasteiger partial charge in [0.2, 0.25) is 0 Å². The second-order valence-corrected chi connectivity index (χ2v) is 11.6. The number of pyridine rings is 1. The van der Waals surface area contributed by atoms with Gasteiger partial charge < -0.3 is 4.42 Å². The Bertz CT molecular complexity index is 2580. The molecule has 0 aliphatic heterocycles. The highest BCUT2D eigenvalue weighted by atomic mass is 16.3. The molecule has 0 N–H and O–H groups in total. The third-order valence-electron chi connectivity index (χ3n) is 8.57. The Morgan fingerprint density at radius 1 is 0.362 bits per heavy atom. The summed E-state index contributed by atoms with van der Waals surface area (Å²) >= 11 is 0. The molecular formula is C42H26N4O. The van der Waals surface area contributed by atoms with Crippen molar-refractivity contribution < 1.29 is 4.42 Å². The summed E-state index contributed by atoms with van der Waals surface area (Å²) in [4.78, 5) is 19.5. The summed E-state index contributed by atoms with van der Waals surface area (Å²) in [5.41, 5.74) is 8.56. The highest BCUT2D eigenvalue weighted by Gasteiger charge is 2.16. The first-order chi connectivity index (χ1) is 23.2. The normalized spacial score (nSPS) is 11.4. The molecule has 6 aromatic carbocycles. The van der Waals surface area contributed by atoms with Gasteiger partial charge in [-0.1, -0.05) is 97.1 Å². The van der Waals surface area contributed by atoms with Crippen molar-refractivity contribution in [2.45, 2.75) is 0 Å². The van der Waals surface area contributed by atoms with Crippen molar-refractivity contribution in [2.24, 2.45) is 0 Å². The maximum Gasteiger partial charge on any atom is 0.164 e. The summed E-state index contributed by atoms with van der Waals surface area (Å²) in [6.45, 7) is 0. The molecule has 0 unspecified atom stereocenters. The van der Waals surface area contributed by atoms with Gasteiger partial charge in [0.25, 0.3) is 0 Å². The zero-order valence-corrected chi connectivity index (χ0v) is 25.2. The van der Waals surface area contributed by atoms with Crippen LogP contribution in [0.4, 0.5) is 0 Å². The molecule has 0 atom stereocenters. The molecule has 0 fully saturated rings. The van der Waals surface area contributed by atoms with Crippen LogP contribution in [0.2, 0.25) is 0 Å². The Balaban J connectivity index is 1.25. The van der Waals surface area contributed by atoms with Crippen molar-refractivity contribution in [3.8, 4) is 56.4 Å². The zero-order chi connectivity index (χ0) is 31.2. The maximum atomic E-state index is 6.26. The largest absolute Gasteiger partial charge is 0.456 e. The van der Waals surface area contributed by atoms with Crippen LogP contribution in [-0.2, 0) is 0 Å². The number of hydrogen-bond donors (Lipinski definition) is 0. The summed E-state index contributed by atoms with van der Waals surface area (Å²) in [5.74, 6) is 1.84. The summed E-state index contributed by atoms with van der Waals surface area (Å²) in [5, 5.41) is 4.51. The van der Waals surface area contributed by atoms with Crippen LogP contribution in [0.25, 0.3) is 89.1 Å². The van der Waals surface area contributed by atoms with E-state index in [1.807, 2.05) is 60.8 Å². The monoisotopic (exact) mass is 602 g/mol. The van der Waals surface area contributed by atoms with Gasteiger partial charge in [-0.3, -0.25) is 4.98 Å². The van der Waals surface area contributed by atoms with Crippen molar-refractivity contribution in [1.29, 1.82) is 0 Å². The number of benzene rings is 6. The summed E-state index contributed by atoms with van der Waals surface area (Å²) in [7, 11) is 0. The van der Waals surface area contributed by atoms with Gasteiger partial charge in [-0.05, 0) is 76.0 Å². The standard InChI is InChI=1S/C42H26N4O/c1-2-10-28(11-3-1)40-44-41(31-17-16-27-9-4-5-12-29(27)21-31)46-42(45-40)35-23-33(22-34(24-35)32-13-8-20-43-26-32)30-18-19-37-36-14-6-7-15-38(36)47-39(37)25-30/h1-26H. The summed E-state index contributed by atoms with van der Waals surface area (Å²) in [6, 6.07) is 49.8. The van der Waals surface area contributed by atoms with Crippen LogP contribution in [-0.4, -0.2) is 19.9 Å². The van der Waals surface area contributed by atoms with E-state index in [1.54, 1.807) is 6.20 Å². The van der Waals surface area contributed by atoms with E-state index < -0.39 is 0 Å². The second-order valence-electron chi connectivity index (χ2n) is 11.6. The van der Waals surface area contributed by atoms with Crippen molar-refractivity contribution in [1.82, 2.24) is 19.9 Å². The molecule has 9 aromatic rings. The van der Waals surface area contributed by atoms with Crippen LogP contribution in [0.1, 0.15) is 0 Å². The Morgan fingerprint density at radius 2 is 1.00 bits per heavy atom. The molecule has 0 bridgehead atoms. The first kappa shape index (κ1) is 26.9. The molecule has 0 saturated heterocycles. The van der Waals surface area contributed by atoms with Crippen LogP contribution in [0.3, 0.4) is 0 Å². The van der Waals surface area contributed by atoms with Crippen LogP contribution >= 0.6 is 0 Å². The van der Waals surface area contributed by atoms with Crippen molar-refractivity contribution in [3.05, 3.63) is 158 Å². The van der Waals surface area contributed by atoms with Crippen LogP contribution in [0.5, 0.6) is 0 Å². The van der Waals surface area contributed by atoms with Crippen LogP contribution in [0.15, 0.2) is 162 Å². The molecule has 47 heavy (non-hydrogen) atoms. The second kappa shape index (κ2) is 11.2. The number of aromatic nitrogens is 4. The molecule has 0 aliphatic rings. The molecule has 3 heterocycles. The lowest BCUT2D eigenvalue weighted by atomic mass is 9.96. The third-order valence-corrected chi connectivity index (χ3v) is 8.57. The van der Waals surface area contributed by atoms with Crippen LogP contribution < -0.4 is 0 Å². The highest BCUT2D eigenvalue weighted by Crippen LogP contribution is 2.36. The minimum Gasteiger partial charge on any atom is -0.456 e. The molecule has 0 spiro atoms. The predicted octanol–water partition coefficient (Wildman–Crippen LogP) is 10.7. The molecule has 5 nitrogen and oxygen atoms in total. The zero-order valence-electron chi connectivity index (χ0n) is 25.2. The molecule has 5 heteroatoms.